The Morgan fingerprint density at radius 2 is 1.05 bits per heavy atom. The molecular formula is C51H50F6N2O6. The molecule has 0 radical (unpaired) electrons. The first-order valence-electron chi connectivity index (χ1n) is 21.2. The van der Waals surface area contributed by atoms with Crippen molar-refractivity contribution in [3.8, 4) is 0 Å². The van der Waals surface area contributed by atoms with Crippen LogP contribution in [0.5, 0.6) is 0 Å². The number of rotatable bonds is 10. The van der Waals surface area contributed by atoms with Gasteiger partial charge in [0.25, 0.3) is 0 Å². The van der Waals surface area contributed by atoms with Crippen molar-refractivity contribution in [2.75, 3.05) is 20.2 Å². The van der Waals surface area contributed by atoms with Gasteiger partial charge in [-0.25, -0.2) is 35.9 Å². The maximum absolute atomic E-state index is 15.4. The van der Waals surface area contributed by atoms with E-state index in [1.165, 1.54) is 40.9 Å². The Labute approximate surface area is 372 Å². The van der Waals surface area contributed by atoms with Crippen LogP contribution in [0.2, 0.25) is 0 Å². The van der Waals surface area contributed by atoms with E-state index in [-0.39, 0.29) is 47.4 Å². The van der Waals surface area contributed by atoms with Crippen LogP contribution >= 0.6 is 0 Å². The van der Waals surface area contributed by atoms with Gasteiger partial charge in [0.2, 0.25) is 0 Å². The fourth-order valence-electron chi connectivity index (χ4n) is 9.01. The molecule has 342 valence electrons. The Morgan fingerprint density at radius 1 is 0.677 bits per heavy atom. The van der Waals surface area contributed by atoms with Gasteiger partial charge in [-0.15, -0.1) is 0 Å². The summed E-state index contributed by atoms with van der Waals surface area (Å²) in [7, 11) is 1.22. The maximum atomic E-state index is 15.4. The third-order valence-corrected chi connectivity index (χ3v) is 11.6. The molecule has 4 unspecified atom stereocenters. The molecule has 0 amide bonds. The van der Waals surface area contributed by atoms with Crippen LogP contribution in [0.1, 0.15) is 98.5 Å². The average Bonchev–Trinajstić information content (AvgIpc) is 3.78. The van der Waals surface area contributed by atoms with Crippen molar-refractivity contribution < 1.29 is 54.6 Å². The minimum absolute atomic E-state index is 0.0296. The van der Waals surface area contributed by atoms with E-state index in [1.54, 1.807) is 15.9 Å². The SMILES string of the molecule is CC1Cc2c(oc3ccccc23)C(c2c(F)cc(/C=C/C(=O)O)cc2F)N1CC(C)(C)F.COC(=O)/C=C/c1cc(F)c(C2c3oc4ccccc4c3CC(C)N2CC(C)(C)F)c(F)c1. The van der Waals surface area contributed by atoms with Gasteiger partial charge < -0.3 is 18.7 Å². The molecule has 0 spiro atoms. The van der Waals surface area contributed by atoms with Crippen LogP contribution in [0.3, 0.4) is 0 Å². The monoisotopic (exact) mass is 900 g/mol. The Bertz CT molecular complexity index is 2770. The number of carboxylic acid groups (broad SMARTS) is 1. The van der Waals surface area contributed by atoms with Gasteiger partial charge in [0.05, 0.1) is 7.11 Å². The van der Waals surface area contributed by atoms with Crippen molar-refractivity contribution in [2.45, 2.75) is 89.9 Å². The summed E-state index contributed by atoms with van der Waals surface area (Å²) in [6.45, 7) is 9.49. The number of furan rings is 2. The van der Waals surface area contributed by atoms with E-state index in [1.807, 2.05) is 56.3 Å². The molecule has 0 bridgehead atoms. The summed E-state index contributed by atoms with van der Waals surface area (Å²) in [6, 6.07) is 17.0. The van der Waals surface area contributed by atoms with Gasteiger partial charge in [-0.3, -0.25) is 9.80 Å². The predicted octanol–water partition coefficient (Wildman–Crippen LogP) is 11.9. The summed E-state index contributed by atoms with van der Waals surface area (Å²) in [4.78, 5) is 25.6. The van der Waals surface area contributed by atoms with Gasteiger partial charge in [0, 0.05) is 70.4 Å². The van der Waals surface area contributed by atoms with Gasteiger partial charge in [0.15, 0.2) is 0 Å². The maximum Gasteiger partial charge on any atom is 0.330 e. The van der Waals surface area contributed by atoms with Gasteiger partial charge in [-0.05, 0) is 114 Å². The second-order valence-electron chi connectivity index (χ2n) is 17.9. The summed E-state index contributed by atoms with van der Waals surface area (Å²) in [5.74, 6) is -4.32. The lowest BCUT2D eigenvalue weighted by atomic mass is 9.87. The number of para-hydroxylation sites is 2. The van der Waals surface area contributed by atoms with E-state index < -0.39 is 58.6 Å². The second kappa shape index (κ2) is 18.4. The third-order valence-electron chi connectivity index (χ3n) is 11.6. The Hall–Kier alpha value is -6.12. The number of hydrogen-bond donors (Lipinski definition) is 1. The number of carboxylic acids is 1. The number of benzene rings is 4. The minimum atomic E-state index is -1.60. The molecule has 6 aromatic rings. The molecule has 8 rings (SSSR count). The molecule has 2 aliphatic heterocycles. The number of methoxy groups -OCH3 is 1. The van der Waals surface area contributed by atoms with Crippen LogP contribution < -0.4 is 0 Å². The zero-order chi connectivity index (χ0) is 47.1. The first-order valence-corrected chi connectivity index (χ1v) is 21.2. The lowest BCUT2D eigenvalue weighted by molar-refractivity contribution is -0.135. The van der Waals surface area contributed by atoms with Crippen LogP contribution in [0.15, 0.2) is 93.8 Å². The van der Waals surface area contributed by atoms with E-state index in [4.69, 9.17) is 13.9 Å². The Kier molecular flexibility index (Phi) is 13.3. The number of esters is 1. The number of carbonyl (C=O) groups excluding carboxylic acids is 1. The molecule has 4 atom stereocenters. The fraction of sp³-hybridized carbons (Fsp3) is 0.333. The van der Waals surface area contributed by atoms with Crippen LogP contribution in [-0.2, 0) is 27.2 Å². The lowest BCUT2D eigenvalue weighted by Gasteiger charge is -2.42. The number of nitrogens with zero attached hydrogens (tertiary/aromatic N) is 2. The van der Waals surface area contributed by atoms with E-state index >= 15 is 17.6 Å². The molecule has 2 aromatic heterocycles. The number of alkyl halides is 2. The van der Waals surface area contributed by atoms with Crippen molar-refractivity contribution in [2.24, 2.45) is 0 Å². The molecule has 4 heterocycles. The summed E-state index contributed by atoms with van der Waals surface area (Å²) in [5.41, 5.74) is -0.418. The molecular weight excluding hydrogens is 851 g/mol. The van der Waals surface area contributed by atoms with Gasteiger partial charge in [0.1, 0.15) is 69.4 Å². The highest BCUT2D eigenvalue weighted by molar-refractivity contribution is 5.87. The van der Waals surface area contributed by atoms with E-state index in [2.05, 4.69) is 4.74 Å². The molecule has 0 aliphatic carbocycles. The molecule has 0 saturated heterocycles. The number of halogens is 6. The quantitative estimate of drug-likeness (QED) is 0.0825. The highest BCUT2D eigenvalue weighted by atomic mass is 19.2. The zero-order valence-corrected chi connectivity index (χ0v) is 37.0. The topological polar surface area (TPSA) is 96.4 Å². The summed E-state index contributed by atoms with van der Waals surface area (Å²) >= 11 is 0. The van der Waals surface area contributed by atoms with Crippen LogP contribution in [0, 0.1) is 23.3 Å². The van der Waals surface area contributed by atoms with Gasteiger partial charge >= 0.3 is 11.9 Å². The van der Waals surface area contributed by atoms with E-state index in [0.717, 1.165) is 64.4 Å². The standard InChI is InChI=1S/C26H26F3NO3.C25H24F3NO3/c1-15-11-18-17-7-5-6-8-21(17)33-25(18)24(30(15)14-26(2,3)29)23-19(27)12-16(13-20(23)28)9-10-22(31)32-4;1-14-10-17-16-6-4-5-7-20(16)32-24(17)23(29(14)13-25(2,3)28)22-18(26)11-15(12-19(22)27)8-9-21(30)31/h5-10,12-13,15,24H,11,14H2,1-4H3;4-9,11-12,14,23H,10,13H2,1-3H3,(H,30,31)/b10-9+;9-8+. The molecule has 1 N–H and O–H groups in total. The van der Waals surface area contributed by atoms with Gasteiger partial charge in [-0.2, -0.15) is 0 Å². The smallest absolute Gasteiger partial charge is 0.330 e. The molecule has 2 aliphatic rings. The molecule has 8 nitrogen and oxygen atoms in total. The van der Waals surface area contributed by atoms with Crippen LogP contribution in [0.4, 0.5) is 26.3 Å². The minimum Gasteiger partial charge on any atom is -0.478 e. The highest BCUT2D eigenvalue weighted by Gasteiger charge is 2.44. The Morgan fingerprint density at radius 3 is 1.40 bits per heavy atom. The number of hydrogen-bond acceptors (Lipinski definition) is 7. The summed E-state index contributed by atoms with van der Waals surface area (Å²) in [6.07, 6.45) is 5.43. The van der Waals surface area contributed by atoms with Crippen molar-refractivity contribution in [1.82, 2.24) is 9.80 Å². The molecule has 14 heteroatoms. The number of aliphatic carboxylic acids is 1. The number of ether oxygens (including phenoxy) is 1. The van der Waals surface area contributed by atoms with Crippen LogP contribution in [-0.4, -0.2) is 70.5 Å². The van der Waals surface area contributed by atoms with Crippen molar-refractivity contribution in [3.05, 3.63) is 153 Å². The summed E-state index contributed by atoms with van der Waals surface area (Å²) in [5, 5.41) is 10.6. The molecule has 4 aromatic carbocycles. The molecule has 0 saturated carbocycles. The van der Waals surface area contributed by atoms with Gasteiger partial charge in [-0.1, -0.05) is 36.4 Å². The average molecular weight is 901 g/mol. The largest absolute Gasteiger partial charge is 0.478 e. The lowest BCUT2D eigenvalue weighted by Crippen LogP contribution is -2.48. The summed E-state index contributed by atoms with van der Waals surface area (Å²) < 4.78 is 108. The highest BCUT2D eigenvalue weighted by Crippen LogP contribution is 2.47. The van der Waals surface area contributed by atoms with Crippen molar-refractivity contribution in [3.63, 3.8) is 0 Å². The fourth-order valence-corrected chi connectivity index (χ4v) is 9.01. The second-order valence-corrected chi connectivity index (χ2v) is 17.9. The van der Waals surface area contributed by atoms with Crippen LogP contribution in [0.25, 0.3) is 34.1 Å². The normalized spacial score (nSPS) is 19.4. The Balaban J connectivity index is 0.000000194. The first-order chi connectivity index (χ1) is 30.6. The number of carbonyl (C=O) groups is 2. The van der Waals surface area contributed by atoms with E-state index in [9.17, 15) is 18.4 Å². The van der Waals surface area contributed by atoms with E-state index in [0.29, 0.717) is 35.5 Å². The zero-order valence-electron chi connectivity index (χ0n) is 37.0. The predicted molar refractivity (Wildman–Crippen MR) is 237 cm³/mol. The number of fused-ring (bicyclic) bond motifs is 6. The van der Waals surface area contributed by atoms with Crippen molar-refractivity contribution in [1.29, 1.82) is 0 Å². The third kappa shape index (κ3) is 10.1. The molecule has 65 heavy (non-hydrogen) atoms. The molecule has 0 fully saturated rings. The van der Waals surface area contributed by atoms with Crippen molar-refractivity contribution >= 4 is 46.0 Å². The first kappa shape index (κ1) is 46.9.